The zero-order valence-corrected chi connectivity index (χ0v) is 10.9. The van der Waals surface area contributed by atoms with E-state index < -0.39 is 0 Å². The normalized spacial score (nSPS) is 12.4. The highest BCUT2D eigenvalue weighted by Gasteiger charge is 2.05. The highest BCUT2D eigenvalue weighted by atomic mass is 79.9. The maximum absolute atomic E-state index is 3.51. The number of halogens is 1. The van der Waals surface area contributed by atoms with E-state index in [1.165, 1.54) is 11.1 Å². The van der Waals surface area contributed by atoms with Crippen LogP contribution in [0, 0.1) is 0 Å². The predicted octanol–water partition coefficient (Wildman–Crippen LogP) is 4.80. The van der Waals surface area contributed by atoms with Crippen molar-refractivity contribution >= 4 is 15.9 Å². The Morgan fingerprint density at radius 2 is 1.75 bits per heavy atom. The number of rotatable bonds is 3. The molecule has 0 bridgehead atoms. The Hall–Kier alpha value is -1.08. The van der Waals surface area contributed by atoms with Gasteiger partial charge < -0.3 is 0 Å². The fourth-order valence-corrected chi connectivity index (χ4v) is 2.36. The van der Waals surface area contributed by atoms with Crippen LogP contribution in [-0.4, -0.2) is 0 Å². The van der Waals surface area contributed by atoms with Crippen molar-refractivity contribution in [2.24, 2.45) is 0 Å². The third-order valence-electron chi connectivity index (χ3n) is 2.80. The second-order valence-corrected chi connectivity index (χ2v) is 5.06. The minimum atomic E-state index is 0.565. The molecule has 82 valence electrons. The maximum Gasteiger partial charge on any atom is 0.0177 e. The van der Waals surface area contributed by atoms with Crippen LogP contribution in [0.5, 0.6) is 0 Å². The zero-order chi connectivity index (χ0) is 11.4. The molecule has 1 atom stereocenters. The summed E-state index contributed by atoms with van der Waals surface area (Å²) in [6.07, 6.45) is 1.09. The summed E-state index contributed by atoms with van der Waals surface area (Å²) in [5.74, 6) is 0.565. The van der Waals surface area contributed by atoms with E-state index in [2.05, 4.69) is 77.5 Å². The van der Waals surface area contributed by atoms with Crippen molar-refractivity contribution < 1.29 is 0 Å². The van der Waals surface area contributed by atoms with Crippen LogP contribution < -0.4 is 0 Å². The van der Waals surface area contributed by atoms with Gasteiger partial charge in [0.25, 0.3) is 0 Å². The fourth-order valence-electron chi connectivity index (χ4n) is 1.92. The van der Waals surface area contributed by atoms with Gasteiger partial charge >= 0.3 is 0 Å². The zero-order valence-electron chi connectivity index (χ0n) is 9.36. The fraction of sp³-hybridized carbons (Fsp3) is 0.200. The standard InChI is InChI=1S/C15H15Br/c1-12(14-7-3-2-4-8-14)10-13-6-5-9-15(16)11-13/h2-9,11-12H,10H2,1H3. The van der Waals surface area contributed by atoms with Gasteiger partial charge in [-0.2, -0.15) is 0 Å². The van der Waals surface area contributed by atoms with Gasteiger partial charge in [0.15, 0.2) is 0 Å². The van der Waals surface area contributed by atoms with E-state index >= 15 is 0 Å². The molecule has 0 N–H and O–H groups in total. The van der Waals surface area contributed by atoms with Crippen LogP contribution in [0.4, 0.5) is 0 Å². The molecule has 0 aliphatic heterocycles. The summed E-state index contributed by atoms with van der Waals surface area (Å²) in [4.78, 5) is 0. The maximum atomic E-state index is 3.51. The Balaban J connectivity index is 2.11. The third kappa shape index (κ3) is 2.96. The monoisotopic (exact) mass is 274 g/mol. The molecule has 0 aliphatic carbocycles. The van der Waals surface area contributed by atoms with Crippen molar-refractivity contribution in [2.45, 2.75) is 19.3 Å². The van der Waals surface area contributed by atoms with Gasteiger partial charge in [-0.05, 0) is 35.6 Å². The molecule has 0 amide bonds. The lowest BCUT2D eigenvalue weighted by Gasteiger charge is -2.11. The van der Waals surface area contributed by atoms with E-state index in [9.17, 15) is 0 Å². The molecule has 0 heterocycles. The topological polar surface area (TPSA) is 0 Å². The first kappa shape index (κ1) is 11.4. The molecule has 2 aromatic rings. The third-order valence-corrected chi connectivity index (χ3v) is 3.29. The summed E-state index contributed by atoms with van der Waals surface area (Å²) < 4.78 is 1.16. The molecule has 1 unspecified atom stereocenters. The Kier molecular flexibility index (Phi) is 3.79. The van der Waals surface area contributed by atoms with Gasteiger partial charge in [-0.3, -0.25) is 0 Å². The summed E-state index contributed by atoms with van der Waals surface area (Å²) >= 11 is 3.51. The molecular formula is C15H15Br. The van der Waals surface area contributed by atoms with Crippen molar-refractivity contribution in [3.63, 3.8) is 0 Å². The molecule has 0 saturated carbocycles. The van der Waals surface area contributed by atoms with Crippen molar-refractivity contribution in [1.82, 2.24) is 0 Å². The summed E-state index contributed by atoms with van der Waals surface area (Å²) in [6, 6.07) is 19.2. The van der Waals surface area contributed by atoms with Gasteiger partial charge in [0.2, 0.25) is 0 Å². The van der Waals surface area contributed by atoms with Crippen molar-refractivity contribution in [2.75, 3.05) is 0 Å². The number of benzene rings is 2. The summed E-state index contributed by atoms with van der Waals surface area (Å²) in [5.41, 5.74) is 2.79. The molecule has 1 heteroatoms. The number of hydrogen-bond acceptors (Lipinski definition) is 0. The second-order valence-electron chi connectivity index (χ2n) is 4.15. The number of hydrogen-bond donors (Lipinski definition) is 0. The Bertz CT molecular complexity index is 448. The lowest BCUT2D eigenvalue weighted by Crippen LogP contribution is -1.97. The molecule has 0 fully saturated rings. The Morgan fingerprint density at radius 3 is 2.44 bits per heavy atom. The Labute approximate surface area is 105 Å². The smallest absolute Gasteiger partial charge is 0.0177 e. The molecule has 2 aromatic carbocycles. The van der Waals surface area contributed by atoms with Crippen LogP contribution in [0.1, 0.15) is 24.0 Å². The SMILES string of the molecule is CC(Cc1cccc(Br)c1)c1ccccc1. The molecule has 0 nitrogen and oxygen atoms in total. The van der Waals surface area contributed by atoms with E-state index in [-0.39, 0.29) is 0 Å². The van der Waals surface area contributed by atoms with Crippen LogP contribution in [-0.2, 0) is 6.42 Å². The van der Waals surface area contributed by atoms with Gasteiger partial charge in [0.1, 0.15) is 0 Å². The molecule has 0 spiro atoms. The molecule has 0 aliphatic rings. The Morgan fingerprint density at radius 1 is 1.00 bits per heavy atom. The highest BCUT2D eigenvalue weighted by molar-refractivity contribution is 9.10. The van der Waals surface area contributed by atoms with E-state index in [0.717, 1.165) is 10.9 Å². The van der Waals surface area contributed by atoms with Crippen LogP contribution in [0.15, 0.2) is 59.1 Å². The largest absolute Gasteiger partial charge is 0.0622 e. The van der Waals surface area contributed by atoms with Gasteiger partial charge in [0.05, 0.1) is 0 Å². The first-order valence-electron chi connectivity index (χ1n) is 5.55. The molecule has 2 rings (SSSR count). The molecule has 0 aromatic heterocycles. The van der Waals surface area contributed by atoms with E-state index in [0.29, 0.717) is 5.92 Å². The van der Waals surface area contributed by atoms with E-state index in [1.807, 2.05) is 0 Å². The van der Waals surface area contributed by atoms with Gasteiger partial charge in [0, 0.05) is 4.47 Å². The van der Waals surface area contributed by atoms with Crippen LogP contribution in [0.3, 0.4) is 0 Å². The van der Waals surface area contributed by atoms with E-state index in [1.54, 1.807) is 0 Å². The van der Waals surface area contributed by atoms with Crippen LogP contribution in [0.25, 0.3) is 0 Å². The minimum Gasteiger partial charge on any atom is -0.0622 e. The first-order chi connectivity index (χ1) is 7.75. The quantitative estimate of drug-likeness (QED) is 0.755. The average Bonchev–Trinajstić information content (AvgIpc) is 2.30. The summed E-state index contributed by atoms with van der Waals surface area (Å²) in [5, 5.41) is 0. The van der Waals surface area contributed by atoms with Crippen molar-refractivity contribution in [3.05, 3.63) is 70.2 Å². The summed E-state index contributed by atoms with van der Waals surface area (Å²) in [7, 11) is 0. The van der Waals surface area contributed by atoms with Crippen LogP contribution in [0.2, 0.25) is 0 Å². The minimum absolute atomic E-state index is 0.565. The van der Waals surface area contributed by atoms with Gasteiger partial charge in [-0.25, -0.2) is 0 Å². The lowest BCUT2D eigenvalue weighted by molar-refractivity contribution is 0.759. The predicted molar refractivity (Wildman–Crippen MR) is 72.7 cm³/mol. The average molecular weight is 275 g/mol. The van der Waals surface area contributed by atoms with Crippen LogP contribution >= 0.6 is 15.9 Å². The molecule has 0 saturated heterocycles. The summed E-state index contributed by atoms with van der Waals surface area (Å²) in [6.45, 7) is 2.27. The second kappa shape index (κ2) is 5.31. The van der Waals surface area contributed by atoms with Gasteiger partial charge in [-0.1, -0.05) is 65.3 Å². The highest BCUT2D eigenvalue weighted by Crippen LogP contribution is 2.21. The van der Waals surface area contributed by atoms with Crippen molar-refractivity contribution in [1.29, 1.82) is 0 Å². The van der Waals surface area contributed by atoms with Gasteiger partial charge in [-0.15, -0.1) is 0 Å². The van der Waals surface area contributed by atoms with Crippen molar-refractivity contribution in [3.8, 4) is 0 Å². The molecule has 16 heavy (non-hydrogen) atoms. The molecular weight excluding hydrogens is 260 g/mol. The first-order valence-corrected chi connectivity index (χ1v) is 6.34. The lowest BCUT2D eigenvalue weighted by atomic mass is 9.94. The van der Waals surface area contributed by atoms with E-state index in [4.69, 9.17) is 0 Å². The molecule has 0 radical (unpaired) electrons.